The van der Waals surface area contributed by atoms with Gasteiger partial charge in [0.1, 0.15) is 0 Å². The number of benzene rings is 3. The van der Waals surface area contributed by atoms with E-state index in [9.17, 15) is 13.2 Å². The highest BCUT2D eigenvalue weighted by Gasteiger charge is 2.18. The van der Waals surface area contributed by atoms with Crippen LogP contribution in [-0.2, 0) is 22.0 Å². The van der Waals surface area contributed by atoms with Gasteiger partial charge in [-0.05, 0) is 58.5 Å². The van der Waals surface area contributed by atoms with Crippen LogP contribution in [0, 0.1) is 0 Å². The fourth-order valence-corrected chi connectivity index (χ4v) is 4.28. The lowest BCUT2D eigenvalue weighted by Gasteiger charge is -2.08. The third-order valence-electron chi connectivity index (χ3n) is 4.70. The van der Waals surface area contributed by atoms with Gasteiger partial charge in [-0.25, -0.2) is 8.42 Å². The molecule has 0 aromatic heterocycles. The van der Waals surface area contributed by atoms with Crippen LogP contribution in [0.3, 0.4) is 0 Å². The Balaban J connectivity index is 1.50. The summed E-state index contributed by atoms with van der Waals surface area (Å²) in [5, 5.41) is 2.93. The molecule has 5 heteroatoms. The average Bonchev–Trinajstić information content (AvgIpc) is 2.98. The van der Waals surface area contributed by atoms with E-state index in [1.807, 2.05) is 30.3 Å². The Morgan fingerprint density at radius 3 is 2.37 bits per heavy atom. The third kappa shape index (κ3) is 3.78. The number of hydrogen-bond donors (Lipinski definition) is 1. The van der Waals surface area contributed by atoms with Gasteiger partial charge in [0, 0.05) is 17.5 Å². The molecule has 0 heterocycles. The summed E-state index contributed by atoms with van der Waals surface area (Å²) in [6, 6.07) is 21.0. The Morgan fingerprint density at radius 2 is 1.63 bits per heavy atom. The van der Waals surface area contributed by atoms with E-state index in [1.165, 1.54) is 28.5 Å². The zero-order valence-corrected chi connectivity index (χ0v) is 15.7. The predicted octanol–water partition coefficient (Wildman–Crippen LogP) is 4.05. The number of fused-ring (bicyclic) bond motifs is 3. The first-order valence-electron chi connectivity index (χ1n) is 8.68. The van der Waals surface area contributed by atoms with Crippen LogP contribution in [0.4, 0.5) is 5.69 Å². The van der Waals surface area contributed by atoms with Crippen LogP contribution < -0.4 is 5.32 Å². The first-order valence-corrected chi connectivity index (χ1v) is 10.7. The van der Waals surface area contributed by atoms with Crippen molar-refractivity contribution in [3.8, 4) is 11.1 Å². The Hall–Kier alpha value is -2.92. The summed E-state index contributed by atoms with van der Waals surface area (Å²) in [5.74, 6) is -0.239. The minimum Gasteiger partial charge on any atom is -0.322 e. The zero-order valence-electron chi connectivity index (χ0n) is 14.9. The van der Waals surface area contributed by atoms with E-state index < -0.39 is 9.84 Å². The van der Waals surface area contributed by atoms with Crippen molar-refractivity contribution in [2.45, 2.75) is 12.2 Å². The van der Waals surface area contributed by atoms with Crippen LogP contribution in [0.1, 0.15) is 27.0 Å². The standard InChI is InChI=1S/C22H19NO3S/c1-27(25,26)14-15-6-8-16(9-7-15)22(24)23-19-10-11-21-18(13-19)12-17-4-2-3-5-20(17)21/h2-11,13H,12,14H2,1H3,(H,23,24). The largest absolute Gasteiger partial charge is 0.322 e. The maximum atomic E-state index is 12.5. The lowest BCUT2D eigenvalue weighted by atomic mass is 10.1. The van der Waals surface area contributed by atoms with Gasteiger partial charge in [-0.1, -0.05) is 42.5 Å². The number of amides is 1. The van der Waals surface area contributed by atoms with Crippen LogP contribution >= 0.6 is 0 Å². The molecule has 0 spiro atoms. The van der Waals surface area contributed by atoms with E-state index in [0.29, 0.717) is 11.1 Å². The van der Waals surface area contributed by atoms with Crippen molar-refractivity contribution in [2.75, 3.05) is 11.6 Å². The Bertz CT molecular complexity index is 1130. The molecule has 0 saturated carbocycles. The molecule has 136 valence electrons. The molecular formula is C22H19NO3S. The van der Waals surface area contributed by atoms with Gasteiger partial charge in [-0.15, -0.1) is 0 Å². The molecule has 1 aliphatic carbocycles. The summed E-state index contributed by atoms with van der Waals surface area (Å²) in [6.45, 7) is 0. The summed E-state index contributed by atoms with van der Waals surface area (Å²) in [4.78, 5) is 12.5. The fourth-order valence-electron chi connectivity index (χ4n) is 3.48. The topological polar surface area (TPSA) is 63.2 Å². The number of hydrogen-bond acceptors (Lipinski definition) is 3. The number of sulfone groups is 1. The van der Waals surface area contributed by atoms with Gasteiger partial charge in [-0.3, -0.25) is 4.79 Å². The lowest BCUT2D eigenvalue weighted by Crippen LogP contribution is -2.12. The minimum atomic E-state index is -3.09. The molecule has 0 bridgehead atoms. The van der Waals surface area contributed by atoms with Crippen molar-refractivity contribution in [1.29, 1.82) is 0 Å². The van der Waals surface area contributed by atoms with Gasteiger partial charge in [0.05, 0.1) is 5.75 Å². The van der Waals surface area contributed by atoms with E-state index in [4.69, 9.17) is 0 Å². The molecule has 0 unspecified atom stereocenters. The Kier molecular flexibility index (Phi) is 4.32. The molecule has 3 aromatic carbocycles. The molecule has 1 N–H and O–H groups in total. The molecule has 0 radical (unpaired) electrons. The summed E-state index contributed by atoms with van der Waals surface area (Å²) in [5.41, 5.74) is 6.91. The summed E-state index contributed by atoms with van der Waals surface area (Å²) >= 11 is 0. The molecule has 1 aliphatic rings. The normalized spacial score (nSPS) is 12.3. The van der Waals surface area contributed by atoms with Gasteiger partial charge in [0.2, 0.25) is 0 Å². The fraction of sp³-hybridized carbons (Fsp3) is 0.136. The van der Waals surface area contributed by atoms with Gasteiger partial charge in [0.25, 0.3) is 5.91 Å². The van der Waals surface area contributed by atoms with Crippen LogP contribution in [0.2, 0.25) is 0 Å². The highest BCUT2D eigenvalue weighted by atomic mass is 32.2. The number of carbonyl (C=O) groups is 1. The summed E-state index contributed by atoms with van der Waals surface area (Å²) < 4.78 is 22.7. The van der Waals surface area contributed by atoms with Crippen molar-refractivity contribution in [3.63, 3.8) is 0 Å². The van der Waals surface area contributed by atoms with E-state index >= 15 is 0 Å². The van der Waals surface area contributed by atoms with E-state index in [2.05, 4.69) is 17.4 Å². The number of nitrogens with one attached hydrogen (secondary N) is 1. The number of anilines is 1. The maximum Gasteiger partial charge on any atom is 0.255 e. The highest BCUT2D eigenvalue weighted by molar-refractivity contribution is 7.89. The molecule has 0 atom stereocenters. The first kappa shape index (κ1) is 17.5. The first-order chi connectivity index (χ1) is 12.9. The van der Waals surface area contributed by atoms with Crippen molar-refractivity contribution >= 4 is 21.4 Å². The second-order valence-corrected chi connectivity index (χ2v) is 9.07. The Morgan fingerprint density at radius 1 is 0.926 bits per heavy atom. The van der Waals surface area contributed by atoms with Gasteiger partial charge >= 0.3 is 0 Å². The monoisotopic (exact) mass is 377 g/mol. The molecule has 27 heavy (non-hydrogen) atoms. The smallest absolute Gasteiger partial charge is 0.255 e. The van der Waals surface area contributed by atoms with Gasteiger partial charge < -0.3 is 5.32 Å². The SMILES string of the molecule is CS(=O)(=O)Cc1ccc(C(=O)Nc2ccc3c(c2)Cc2ccccc2-3)cc1. The van der Waals surface area contributed by atoms with Crippen molar-refractivity contribution in [3.05, 3.63) is 89.0 Å². The quantitative estimate of drug-likeness (QED) is 0.583. The van der Waals surface area contributed by atoms with Gasteiger partial charge in [-0.2, -0.15) is 0 Å². The van der Waals surface area contributed by atoms with Crippen molar-refractivity contribution < 1.29 is 13.2 Å². The molecule has 4 rings (SSSR count). The lowest BCUT2D eigenvalue weighted by molar-refractivity contribution is 0.102. The molecule has 1 amide bonds. The number of rotatable bonds is 4. The molecule has 4 nitrogen and oxygen atoms in total. The molecule has 0 saturated heterocycles. The van der Waals surface area contributed by atoms with Crippen LogP contribution in [0.25, 0.3) is 11.1 Å². The highest BCUT2D eigenvalue weighted by Crippen LogP contribution is 2.37. The maximum absolute atomic E-state index is 12.5. The summed E-state index contributed by atoms with van der Waals surface area (Å²) in [6.07, 6.45) is 2.06. The van der Waals surface area contributed by atoms with Crippen molar-refractivity contribution in [2.24, 2.45) is 0 Å². The minimum absolute atomic E-state index is 0.0275. The van der Waals surface area contributed by atoms with Crippen LogP contribution in [-0.4, -0.2) is 20.6 Å². The third-order valence-corrected chi connectivity index (χ3v) is 5.55. The molecule has 0 fully saturated rings. The predicted molar refractivity (Wildman–Crippen MR) is 108 cm³/mol. The molecule has 0 aliphatic heterocycles. The van der Waals surface area contributed by atoms with E-state index in [0.717, 1.165) is 12.1 Å². The number of carbonyl (C=O) groups excluding carboxylic acids is 1. The second-order valence-electron chi connectivity index (χ2n) is 6.93. The molecular weight excluding hydrogens is 358 g/mol. The molecule has 3 aromatic rings. The van der Waals surface area contributed by atoms with E-state index in [1.54, 1.807) is 24.3 Å². The average molecular weight is 377 g/mol. The Labute approximate surface area is 158 Å². The van der Waals surface area contributed by atoms with Crippen LogP contribution in [0.15, 0.2) is 66.7 Å². The van der Waals surface area contributed by atoms with Crippen molar-refractivity contribution in [1.82, 2.24) is 0 Å². The van der Waals surface area contributed by atoms with E-state index in [-0.39, 0.29) is 11.7 Å². The second kappa shape index (κ2) is 6.67. The van der Waals surface area contributed by atoms with Gasteiger partial charge in [0.15, 0.2) is 9.84 Å². The zero-order chi connectivity index (χ0) is 19.0. The van der Waals surface area contributed by atoms with Crippen LogP contribution in [0.5, 0.6) is 0 Å². The summed E-state index contributed by atoms with van der Waals surface area (Å²) in [7, 11) is -3.09.